The van der Waals surface area contributed by atoms with Crippen molar-refractivity contribution in [1.29, 1.82) is 0 Å². The van der Waals surface area contributed by atoms with E-state index in [0.29, 0.717) is 24.6 Å². The van der Waals surface area contributed by atoms with Gasteiger partial charge in [0.2, 0.25) is 15.9 Å². The fourth-order valence-corrected chi connectivity index (χ4v) is 3.71. The molecular weight excluding hydrogens is 376 g/mol. The van der Waals surface area contributed by atoms with Crippen LogP contribution in [-0.4, -0.2) is 40.3 Å². The number of rotatable bonds is 10. The fraction of sp³-hybridized carbons (Fsp3) is 0.381. The molecule has 0 aliphatic carbocycles. The summed E-state index contributed by atoms with van der Waals surface area (Å²) in [6.45, 7) is 4.69. The van der Waals surface area contributed by atoms with Crippen molar-refractivity contribution in [3.05, 3.63) is 59.7 Å². The number of anilines is 1. The minimum atomic E-state index is -3.58. The number of nitrogens with one attached hydrogen (secondary N) is 1. The van der Waals surface area contributed by atoms with Crippen molar-refractivity contribution in [1.82, 2.24) is 5.32 Å². The van der Waals surface area contributed by atoms with Crippen molar-refractivity contribution in [2.24, 2.45) is 0 Å². The largest absolute Gasteiger partial charge is 0.494 e. The number of amides is 1. The van der Waals surface area contributed by atoms with Gasteiger partial charge >= 0.3 is 0 Å². The van der Waals surface area contributed by atoms with Crippen LogP contribution in [0.1, 0.15) is 24.5 Å². The van der Waals surface area contributed by atoms with Gasteiger partial charge in [-0.25, -0.2) is 8.42 Å². The second-order valence-electron chi connectivity index (χ2n) is 6.64. The van der Waals surface area contributed by atoms with E-state index in [1.165, 1.54) is 11.1 Å². The lowest BCUT2D eigenvalue weighted by atomic mass is 10.1. The van der Waals surface area contributed by atoms with Gasteiger partial charge in [0.1, 0.15) is 12.3 Å². The lowest BCUT2D eigenvalue weighted by Gasteiger charge is -2.22. The predicted molar refractivity (Wildman–Crippen MR) is 112 cm³/mol. The highest BCUT2D eigenvalue weighted by Crippen LogP contribution is 2.21. The van der Waals surface area contributed by atoms with Crippen LogP contribution in [0.15, 0.2) is 48.5 Å². The maximum Gasteiger partial charge on any atom is 0.240 e. The number of hydrogen-bond donors (Lipinski definition) is 1. The van der Waals surface area contributed by atoms with E-state index in [4.69, 9.17) is 4.74 Å². The third-order valence-corrected chi connectivity index (χ3v) is 5.31. The van der Waals surface area contributed by atoms with Crippen molar-refractivity contribution in [2.75, 3.05) is 30.3 Å². The van der Waals surface area contributed by atoms with Crippen LogP contribution >= 0.6 is 0 Å². The molecule has 0 atom stereocenters. The maximum atomic E-state index is 12.3. The number of nitrogens with zero attached hydrogens (tertiary/aromatic N) is 1. The number of aryl methyl sites for hydroxylation is 2. The summed E-state index contributed by atoms with van der Waals surface area (Å²) in [5.41, 5.74) is 2.86. The molecule has 0 bridgehead atoms. The lowest BCUT2D eigenvalue weighted by molar-refractivity contribution is -0.119. The summed E-state index contributed by atoms with van der Waals surface area (Å²) in [4.78, 5) is 12.3. The molecule has 0 spiro atoms. The molecule has 2 rings (SSSR count). The minimum absolute atomic E-state index is 0.253. The first kappa shape index (κ1) is 21.8. The van der Waals surface area contributed by atoms with E-state index in [2.05, 4.69) is 17.4 Å². The van der Waals surface area contributed by atoms with E-state index in [9.17, 15) is 13.2 Å². The van der Waals surface area contributed by atoms with Crippen LogP contribution in [0.5, 0.6) is 5.75 Å². The van der Waals surface area contributed by atoms with Gasteiger partial charge in [0.15, 0.2) is 0 Å². The fourth-order valence-electron chi connectivity index (χ4n) is 2.85. The highest BCUT2D eigenvalue weighted by molar-refractivity contribution is 7.92. The second kappa shape index (κ2) is 10.1. The van der Waals surface area contributed by atoms with Gasteiger partial charge in [-0.05, 0) is 56.5 Å². The number of ether oxygens (including phenoxy) is 1. The van der Waals surface area contributed by atoms with Crippen molar-refractivity contribution in [3.63, 3.8) is 0 Å². The zero-order valence-corrected chi connectivity index (χ0v) is 17.5. The van der Waals surface area contributed by atoms with E-state index in [1.54, 1.807) is 24.3 Å². The third-order valence-electron chi connectivity index (χ3n) is 4.17. The molecule has 0 aliphatic heterocycles. The Bertz CT molecular complexity index is 880. The Hall–Kier alpha value is -2.54. The predicted octanol–water partition coefficient (Wildman–Crippen LogP) is 2.91. The molecule has 28 heavy (non-hydrogen) atoms. The summed E-state index contributed by atoms with van der Waals surface area (Å²) in [5.74, 6) is 0.323. The average Bonchev–Trinajstić information content (AvgIpc) is 2.64. The van der Waals surface area contributed by atoms with Crippen LogP contribution in [0.25, 0.3) is 0 Å². The van der Waals surface area contributed by atoms with Crippen molar-refractivity contribution in [3.8, 4) is 5.75 Å². The van der Waals surface area contributed by atoms with Gasteiger partial charge in [-0.3, -0.25) is 9.10 Å². The first-order valence-corrected chi connectivity index (χ1v) is 11.2. The first-order valence-electron chi connectivity index (χ1n) is 9.32. The molecule has 0 heterocycles. The van der Waals surface area contributed by atoms with Gasteiger partial charge in [0, 0.05) is 6.54 Å². The molecule has 0 saturated heterocycles. The summed E-state index contributed by atoms with van der Waals surface area (Å²) in [6, 6.07) is 14.9. The van der Waals surface area contributed by atoms with E-state index in [-0.39, 0.29) is 12.5 Å². The molecule has 1 amide bonds. The van der Waals surface area contributed by atoms with Crippen LogP contribution in [0.2, 0.25) is 0 Å². The smallest absolute Gasteiger partial charge is 0.240 e. The molecule has 0 radical (unpaired) electrons. The van der Waals surface area contributed by atoms with Crippen LogP contribution in [0, 0.1) is 6.92 Å². The van der Waals surface area contributed by atoms with E-state index in [1.807, 2.05) is 26.0 Å². The topological polar surface area (TPSA) is 75.7 Å². The normalized spacial score (nSPS) is 11.1. The molecule has 0 aliphatic rings. The SMILES string of the molecule is CCOc1ccc(N(CC(=O)NCCCc2cccc(C)c2)S(C)(=O)=O)cc1. The molecule has 7 heteroatoms. The molecule has 0 aromatic heterocycles. The Balaban J connectivity index is 1.90. The van der Waals surface area contributed by atoms with Gasteiger partial charge in [-0.1, -0.05) is 29.8 Å². The first-order chi connectivity index (χ1) is 13.3. The van der Waals surface area contributed by atoms with E-state index < -0.39 is 10.0 Å². The molecule has 0 fully saturated rings. The summed E-state index contributed by atoms with van der Waals surface area (Å²) in [5, 5.41) is 2.80. The van der Waals surface area contributed by atoms with Crippen molar-refractivity contribution < 1.29 is 17.9 Å². The monoisotopic (exact) mass is 404 g/mol. The average molecular weight is 405 g/mol. The third kappa shape index (κ3) is 6.88. The van der Waals surface area contributed by atoms with Crippen molar-refractivity contribution in [2.45, 2.75) is 26.7 Å². The van der Waals surface area contributed by atoms with Gasteiger partial charge in [-0.15, -0.1) is 0 Å². The molecule has 0 saturated carbocycles. The zero-order valence-electron chi connectivity index (χ0n) is 16.6. The summed E-state index contributed by atoms with van der Waals surface area (Å²) in [7, 11) is -3.58. The summed E-state index contributed by atoms with van der Waals surface area (Å²) in [6.07, 6.45) is 2.74. The quantitative estimate of drug-likeness (QED) is 0.618. The highest BCUT2D eigenvalue weighted by Gasteiger charge is 2.20. The van der Waals surface area contributed by atoms with Gasteiger partial charge < -0.3 is 10.1 Å². The van der Waals surface area contributed by atoms with E-state index >= 15 is 0 Å². The molecule has 152 valence electrons. The molecule has 1 N–H and O–H groups in total. The van der Waals surface area contributed by atoms with Gasteiger partial charge in [0.25, 0.3) is 0 Å². The summed E-state index contributed by atoms with van der Waals surface area (Å²) >= 11 is 0. The Morgan fingerprint density at radius 3 is 2.46 bits per heavy atom. The second-order valence-corrected chi connectivity index (χ2v) is 8.55. The molecule has 2 aromatic rings. The minimum Gasteiger partial charge on any atom is -0.494 e. The van der Waals surface area contributed by atoms with Crippen LogP contribution in [-0.2, 0) is 21.2 Å². The Labute approximate surface area is 167 Å². The maximum absolute atomic E-state index is 12.3. The van der Waals surface area contributed by atoms with E-state index in [0.717, 1.165) is 23.4 Å². The number of hydrogen-bond acceptors (Lipinski definition) is 4. The standard InChI is InChI=1S/C21H28N2O4S/c1-4-27-20-12-10-19(11-13-20)23(28(3,25)26)16-21(24)22-14-6-9-18-8-5-7-17(2)15-18/h5,7-8,10-13,15H,4,6,9,14,16H2,1-3H3,(H,22,24). The highest BCUT2D eigenvalue weighted by atomic mass is 32.2. The number of carbonyl (C=O) groups excluding carboxylic acids is 1. The molecule has 2 aromatic carbocycles. The Morgan fingerprint density at radius 2 is 1.86 bits per heavy atom. The number of sulfonamides is 1. The number of carbonyl (C=O) groups is 1. The number of benzene rings is 2. The lowest BCUT2D eigenvalue weighted by Crippen LogP contribution is -2.40. The molecule has 0 unspecified atom stereocenters. The van der Waals surface area contributed by atoms with Crippen LogP contribution in [0.3, 0.4) is 0 Å². The summed E-state index contributed by atoms with van der Waals surface area (Å²) < 4.78 is 30.7. The van der Waals surface area contributed by atoms with Crippen LogP contribution < -0.4 is 14.4 Å². The molecule has 6 nitrogen and oxygen atoms in total. The van der Waals surface area contributed by atoms with Gasteiger partial charge in [0.05, 0.1) is 18.6 Å². The Morgan fingerprint density at radius 1 is 1.14 bits per heavy atom. The van der Waals surface area contributed by atoms with Crippen molar-refractivity contribution >= 4 is 21.6 Å². The van der Waals surface area contributed by atoms with Gasteiger partial charge in [-0.2, -0.15) is 0 Å². The zero-order chi connectivity index (χ0) is 20.6. The Kier molecular flexibility index (Phi) is 7.87. The van der Waals surface area contributed by atoms with Crippen LogP contribution in [0.4, 0.5) is 5.69 Å². The molecular formula is C21H28N2O4S.